The molecular weight excluding hydrogens is 228 g/mol. The van der Waals surface area contributed by atoms with E-state index in [4.69, 9.17) is 0 Å². The molecule has 1 N–H and O–H groups in total. The van der Waals surface area contributed by atoms with Crippen molar-refractivity contribution in [2.24, 2.45) is 0 Å². The zero-order valence-corrected chi connectivity index (χ0v) is 10.7. The third kappa shape index (κ3) is 3.04. The van der Waals surface area contributed by atoms with Crippen LogP contribution in [0.3, 0.4) is 0 Å². The summed E-state index contributed by atoms with van der Waals surface area (Å²) in [5.41, 5.74) is 0. The van der Waals surface area contributed by atoms with E-state index in [9.17, 15) is 4.79 Å². The molecule has 86 valence electrons. The molecule has 2 rings (SSSR count). The second-order valence-corrected chi connectivity index (χ2v) is 6.64. The van der Waals surface area contributed by atoms with Crippen molar-refractivity contribution in [1.82, 2.24) is 10.2 Å². The summed E-state index contributed by atoms with van der Waals surface area (Å²) in [5.74, 6) is 4.04. The van der Waals surface area contributed by atoms with E-state index < -0.39 is 0 Å². The molecule has 0 radical (unpaired) electrons. The Morgan fingerprint density at radius 1 is 1.53 bits per heavy atom. The molecule has 5 heteroatoms. The fourth-order valence-corrected chi connectivity index (χ4v) is 4.56. The highest BCUT2D eigenvalue weighted by Gasteiger charge is 2.29. The van der Waals surface area contributed by atoms with Crippen LogP contribution in [0.2, 0.25) is 0 Å². The molecule has 2 atom stereocenters. The quantitative estimate of drug-likeness (QED) is 0.793. The Kier molecular flexibility index (Phi) is 4.22. The van der Waals surface area contributed by atoms with E-state index in [1.807, 2.05) is 35.5 Å². The zero-order chi connectivity index (χ0) is 10.7. The highest BCUT2D eigenvalue weighted by atomic mass is 32.2. The molecule has 0 bridgehead atoms. The number of nitrogens with zero attached hydrogens (tertiary/aromatic N) is 1. The Morgan fingerprint density at radius 3 is 3.00 bits per heavy atom. The molecule has 2 fully saturated rings. The van der Waals surface area contributed by atoms with E-state index in [0.29, 0.717) is 5.25 Å². The Balaban J connectivity index is 1.71. The summed E-state index contributed by atoms with van der Waals surface area (Å²) >= 11 is 4.07. The van der Waals surface area contributed by atoms with E-state index in [-0.39, 0.29) is 11.9 Å². The third-order valence-electron chi connectivity index (χ3n) is 2.90. The van der Waals surface area contributed by atoms with E-state index in [2.05, 4.69) is 5.32 Å². The van der Waals surface area contributed by atoms with Crippen molar-refractivity contribution in [1.29, 1.82) is 0 Å². The van der Waals surface area contributed by atoms with E-state index >= 15 is 0 Å². The molecule has 15 heavy (non-hydrogen) atoms. The lowest BCUT2D eigenvalue weighted by Crippen LogP contribution is -2.41. The Morgan fingerprint density at radius 2 is 2.40 bits per heavy atom. The lowest BCUT2D eigenvalue weighted by molar-refractivity contribution is -0.128. The number of thioether (sulfide) groups is 2. The van der Waals surface area contributed by atoms with Crippen LogP contribution in [0.1, 0.15) is 6.42 Å². The van der Waals surface area contributed by atoms with Crippen molar-refractivity contribution in [2.75, 3.05) is 37.4 Å². The van der Waals surface area contributed by atoms with Crippen LogP contribution in [0, 0.1) is 0 Å². The summed E-state index contributed by atoms with van der Waals surface area (Å²) in [5, 5.41) is 4.10. The van der Waals surface area contributed by atoms with Gasteiger partial charge in [0, 0.05) is 42.6 Å². The molecule has 0 spiro atoms. The van der Waals surface area contributed by atoms with Crippen LogP contribution in [0.15, 0.2) is 0 Å². The van der Waals surface area contributed by atoms with Gasteiger partial charge in [-0.05, 0) is 6.42 Å². The highest BCUT2D eigenvalue weighted by Crippen LogP contribution is 2.23. The van der Waals surface area contributed by atoms with Crippen LogP contribution in [-0.2, 0) is 4.79 Å². The molecule has 0 aromatic carbocycles. The van der Waals surface area contributed by atoms with Gasteiger partial charge in [-0.3, -0.25) is 4.79 Å². The minimum atomic E-state index is 0.0857. The molecule has 2 saturated heterocycles. The van der Waals surface area contributed by atoms with Crippen LogP contribution in [-0.4, -0.2) is 59.5 Å². The number of nitrogens with one attached hydrogen (secondary N) is 1. The largest absolute Gasteiger partial charge is 0.344 e. The Labute approximate surface area is 99.7 Å². The van der Waals surface area contributed by atoms with Crippen LogP contribution in [0.25, 0.3) is 0 Å². The van der Waals surface area contributed by atoms with Gasteiger partial charge in [-0.1, -0.05) is 0 Å². The van der Waals surface area contributed by atoms with Gasteiger partial charge in [-0.2, -0.15) is 23.5 Å². The Hall–Kier alpha value is 0.130. The van der Waals surface area contributed by atoms with E-state index in [1.54, 1.807) is 0 Å². The first-order valence-corrected chi connectivity index (χ1v) is 7.65. The number of hydrogen-bond donors (Lipinski definition) is 1. The first-order chi connectivity index (χ1) is 7.27. The van der Waals surface area contributed by atoms with Gasteiger partial charge in [-0.15, -0.1) is 0 Å². The predicted octanol–water partition coefficient (Wildman–Crippen LogP) is 0.655. The molecule has 0 aromatic heterocycles. The maximum atomic E-state index is 11.6. The van der Waals surface area contributed by atoms with Gasteiger partial charge in [0.1, 0.15) is 0 Å². The smallest absolute Gasteiger partial charge is 0.239 e. The maximum absolute atomic E-state index is 11.6. The van der Waals surface area contributed by atoms with Crippen LogP contribution < -0.4 is 5.32 Å². The van der Waals surface area contributed by atoms with Crippen molar-refractivity contribution >= 4 is 29.4 Å². The van der Waals surface area contributed by atoms with Crippen molar-refractivity contribution in [2.45, 2.75) is 17.7 Å². The molecule has 2 unspecified atom stereocenters. The number of likely N-dealkylation sites (tertiary alicyclic amines) is 1. The number of rotatable bonds is 3. The predicted molar refractivity (Wildman–Crippen MR) is 67.6 cm³/mol. The average Bonchev–Trinajstić information content (AvgIpc) is 2.59. The van der Waals surface area contributed by atoms with Gasteiger partial charge in [0.05, 0.1) is 6.04 Å². The SMILES string of the molecule is CN1CCC(NCC2CSCCS2)C1=O. The molecule has 3 nitrogen and oxygen atoms in total. The lowest BCUT2D eigenvalue weighted by Gasteiger charge is -2.22. The van der Waals surface area contributed by atoms with Gasteiger partial charge < -0.3 is 10.2 Å². The molecule has 0 aliphatic carbocycles. The van der Waals surface area contributed by atoms with Crippen molar-refractivity contribution in [3.05, 3.63) is 0 Å². The summed E-state index contributed by atoms with van der Waals surface area (Å²) in [7, 11) is 1.88. The van der Waals surface area contributed by atoms with Crippen molar-refractivity contribution in [3.63, 3.8) is 0 Å². The summed E-state index contributed by atoms with van der Waals surface area (Å²) in [6.45, 7) is 1.89. The van der Waals surface area contributed by atoms with Crippen LogP contribution in [0.5, 0.6) is 0 Å². The second kappa shape index (κ2) is 5.46. The third-order valence-corrected chi connectivity index (χ3v) is 5.75. The second-order valence-electron chi connectivity index (χ2n) is 4.08. The topological polar surface area (TPSA) is 32.3 Å². The Bertz CT molecular complexity index is 231. The number of carbonyl (C=O) groups excluding carboxylic acids is 1. The number of likely N-dealkylation sites (N-methyl/N-ethyl adjacent to an activating group) is 1. The van der Waals surface area contributed by atoms with Crippen molar-refractivity contribution < 1.29 is 4.79 Å². The van der Waals surface area contributed by atoms with Gasteiger partial charge in [0.25, 0.3) is 0 Å². The number of hydrogen-bond acceptors (Lipinski definition) is 4. The maximum Gasteiger partial charge on any atom is 0.239 e. The minimum absolute atomic E-state index is 0.0857. The monoisotopic (exact) mass is 246 g/mol. The molecule has 2 aliphatic heterocycles. The van der Waals surface area contributed by atoms with Gasteiger partial charge in [0.15, 0.2) is 0 Å². The molecule has 0 aromatic rings. The van der Waals surface area contributed by atoms with Gasteiger partial charge in [-0.25, -0.2) is 0 Å². The minimum Gasteiger partial charge on any atom is -0.344 e. The summed E-state index contributed by atoms with van der Waals surface area (Å²) in [6, 6.07) is 0.0857. The highest BCUT2D eigenvalue weighted by molar-refractivity contribution is 8.06. The summed E-state index contributed by atoms with van der Waals surface area (Å²) < 4.78 is 0. The van der Waals surface area contributed by atoms with Gasteiger partial charge >= 0.3 is 0 Å². The first kappa shape index (κ1) is 11.6. The summed E-state index contributed by atoms with van der Waals surface area (Å²) in [6.07, 6.45) is 0.972. The van der Waals surface area contributed by atoms with E-state index in [0.717, 1.165) is 19.5 Å². The van der Waals surface area contributed by atoms with Crippen LogP contribution >= 0.6 is 23.5 Å². The molecule has 2 aliphatic rings. The molecular formula is C10H18N2OS2. The summed E-state index contributed by atoms with van der Waals surface area (Å²) in [4.78, 5) is 13.4. The van der Waals surface area contributed by atoms with Crippen LogP contribution in [0.4, 0.5) is 0 Å². The average molecular weight is 246 g/mol. The lowest BCUT2D eigenvalue weighted by atomic mass is 10.2. The molecule has 1 amide bonds. The fraction of sp³-hybridized carbons (Fsp3) is 0.900. The van der Waals surface area contributed by atoms with E-state index in [1.165, 1.54) is 17.3 Å². The number of amides is 1. The molecule has 0 saturated carbocycles. The van der Waals surface area contributed by atoms with Crippen molar-refractivity contribution in [3.8, 4) is 0 Å². The number of carbonyl (C=O) groups is 1. The normalized spacial score (nSPS) is 32.3. The standard InChI is InChI=1S/C10H18N2OS2/c1-12-3-2-9(10(12)13)11-6-8-7-14-4-5-15-8/h8-9,11H,2-7H2,1H3. The molecule has 2 heterocycles. The fourth-order valence-electron chi connectivity index (χ4n) is 1.94. The van der Waals surface area contributed by atoms with Gasteiger partial charge in [0.2, 0.25) is 5.91 Å². The zero-order valence-electron chi connectivity index (χ0n) is 9.07. The first-order valence-electron chi connectivity index (χ1n) is 5.45.